The Balaban J connectivity index is 1.78. The van der Waals surface area contributed by atoms with E-state index in [-0.39, 0.29) is 23.7 Å². The molecule has 1 aromatic carbocycles. The first-order valence-corrected chi connectivity index (χ1v) is 13.3. The van der Waals surface area contributed by atoms with Gasteiger partial charge in [0.05, 0.1) is 17.5 Å². The Bertz CT molecular complexity index is 1270. The number of carbonyl (C=O) groups is 2. The molecular weight excluding hydrogens is 508 g/mol. The SMILES string of the molecule is CC1=C(OC(=O)OC(C)C)C(c2cc(-n3c(C)ccc3C)ccc2Cl)C(OC(=O)OC2CCCC2)=C(C)N1. The zero-order valence-electron chi connectivity index (χ0n) is 22.7. The first kappa shape index (κ1) is 27.6. The molecule has 1 unspecified atom stereocenters. The van der Waals surface area contributed by atoms with Crippen molar-refractivity contribution in [2.75, 3.05) is 0 Å². The number of aryl methyl sites for hydroxylation is 2. The maximum atomic E-state index is 12.9. The van der Waals surface area contributed by atoms with Crippen molar-refractivity contribution in [1.82, 2.24) is 9.88 Å². The molecule has 2 heterocycles. The summed E-state index contributed by atoms with van der Waals surface area (Å²) < 4.78 is 24.5. The van der Waals surface area contributed by atoms with Gasteiger partial charge in [-0.3, -0.25) is 0 Å². The van der Waals surface area contributed by atoms with E-state index in [9.17, 15) is 9.59 Å². The van der Waals surface area contributed by atoms with Crippen LogP contribution in [0, 0.1) is 13.8 Å². The van der Waals surface area contributed by atoms with E-state index in [0.29, 0.717) is 22.0 Å². The number of hydrogen-bond acceptors (Lipinski definition) is 7. The third-order valence-corrected chi connectivity index (χ3v) is 7.09. The predicted molar refractivity (Wildman–Crippen MR) is 144 cm³/mol. The van der Waals surface area contributed by atoms with Crippen molar-refractivity contribution in [3.05, 3.63) is 75.2 Å². The van der Waals surface area contributed by atoms with Crippen LogP contribution in [-0.4, -0.2) is 29.1 Å². The van der Waals surface area contributed by atoms with Gasteiger partial charge in [0, 0.05) is 22.1 Å². The number of allylic oxidation sites excluding steroid dienone is 2. The predicted octanol–water partition coefficient (Wildman–Crippen LogP) is 7.55. The Morgan fingerprint density at radius 1 is 0.921 bits per heavy atom. The summed E-state index contributed by atoms with van der Waals surface area (Å²) in [5, 5.41) is 3.59. The molecule has 204 valence electrons. The van der Waals surface area contributed by atoms with E-state index in [1.165, 1.54) is 0 Å². The van der Waals surface area contributed by atoms with Crippen molar-refractivity contribution in [3.63, 3.8) is 0 Å². The van der Waals surface area contributed by atoms with Gasteiger partial charge >= 0.3 is 12.3 Å². The molecule has 8 nitrogen and oxygen atoms in total. The average molecular weight is 543 g/mol. The molecule has 0 radical (unpaired) electrons. The molecule has 1 aliphatic heterocycles. The molecule has 0 saturated heterocycles. The van der Waals surface area contributed by atoms with Gasteiger partial charge in [-0.15, -0.1) is 0 Å². The second kappa shape index (κ2) is 11.6. The quantitative estimate of drug-likeness (QED) is 0.377. The highest BCUT2D eigenvalue weighted by atomic mass is 35.5. The Kier molecular flexibility index (Phi) is 8.41. The van der Waals surface area contributed by atoms with Crippen molar-refractivity contribution in [2.45, 2.75) is 85.4 Å². The smallest absolute Gasteiger partial charge is 0.431 e. The molecule has 2 aromatic rings. The maximum Gasteiger partial charge on any atom is 0.513 e. The average Bonchev–Trinajstić information content (AvgIpc) is 3.46. The molecule has 4 rings (SSSR count). The lowest BCUT2D eigenvalue weighted by Gasteiger charge is -2.31. The number of rotatable bonds is 6. The number of aromatic nitrogens is 1. The minimum absolute atomic E-state index is 0.168. The minimum Gasteiger partial charge on any atom is -0.431 e. The Morgan fingerprint density at radius 2 is 1.50 bits per heavy atom. The van der Waals surface area contributed by atoms with Crippen LogP contribution in [0.25, 0.3) is 5.69 Å². The van der Waals surface area contributed by atoms with E-state index in [4.69, 9.17) is 30.5 Å². The number of halogens is 1. The lowest BCUT2D eigenvalue weighted by atomic mass is 9.90. The Morgan fingerprint density at radius 3 is 2.08 bits per heavy atom. The highest BCUT2D eigenvalue weighted by Crippen LogP contribution is 2.43. The fourth-order valence-corrected chi connectivity index (χ4v) is 5.27. The van der Waals surface area contributed by atoms with Gasteiger partial charge < -0.3 is 28.8 Å². The highest BCUT2D eigenvalue weighted by molar-refractivity contribution is 6.31. The van der Waals surface area contributed by atoms with Crippen molar-refractivity contribution < 1.29 is 28.5 Å². The van der Waals surface area contributed by atoms with Crippen LogP contribution in [0.5, 0.6) is 0 Å². The molecule has 1 aliphatic carbocycles. The van der Waals surface area contributed by atoms with Crippen LogP contribution in [0.15, 0.2) is 53.2 Å². The molecule has 0 spiro atoms. The van der Waals surface area contributed by atoms with Crippen LogP contribution in [0.2, 0.25) is 5.02 Å². The molecule has 1 aromatic heterocycles. The van der Waals surface area contributed by atoms with E-state index in [1.54, 1.807) is 33.8 Å². The monoisotopic (exact) mass is 542 g/mol. The second-order valence-electron chi connectivity index (χ2n) is 10.1. The molecule has 2 aliphatic rings. The van der Waals surface area contributed by atoms with E-state index in [2.05, 4.69) is 9.88 Å². The van der Waals surface area contributed by atoms with Crippen molar-refractivity contribution >= 4 is 23.9 Å². The summed E-state index contributed by atoms with van der Waals surface area (Å²) >= 11 is 6.77. The third-order valence-electron chi connectivity index (χ3n) is 6.74. The molecule has 0 bridgehead atoms. The summed E-state index contributed by atoms with van der Waals surface area (Å²) in [5.41, 5.74) is 4.72. The van der Waals surface area contributed by atoms with Crippen LogP contribution in [0.3, 0.4) is 0 Å². The van der Waals surface area contributed by atoms with Gasteiger partial charge in [0.2, 0.25) is 0 Å². The van der Waals surface area contributed by atoms with E-state index in [1.807, 2.05) is 38.1 Å². The van der Waals surface area contributed by atoms with Gasteiger partial charge in [-0.05, 0) is 103 Å². The minimum atomic E-state index is -0.863. The maximum absolute atomic E-state index is 12.9. The number of hydrogen-bond donors (Lipinski definition) is 1. The lowest BCUT2D eigenvalue weighted by molar-refractivity contribution is 0.0342. The summed E-state index contributed by atoms with van der Waals surface area (Å²) in [7, 11) is 0. The molecular formula is C29H35ClN2O6. The van der Waals surface area contributed by atoms with E-state index >= 15 is 0 Å². The van der Waals surface area contributed by atoms with E-state index in [0.717, 1.165) is 42.8 Å². The number of dihydropyridines is 1. The zero-order chi connectivity index (χ0) is 27.6. The molecule has 1 N–H and O–H groups in total. The van der Waals surface area contributed by atoms with Crippen molar-refractivity contribution in [1.29, 1.82) is 0 Å². The van der Waals surface area contributed by atoms with Crippen LogP contribution < -0.4 is 5.32 Å². The summed E-state index contributed by atoms with van der Waals surface area (Å²) in [4.78, 5) is 25.5. The first-order chi connectivity index (χ1) is 18.0. The molecule has 9 heteroatoms. The van der Waals surface area contributed by atoms with Crippen LogP contribution in [0.4, 0.5) is 9.59 Å². The Labute approximate surface area is 228 Å². The van der Waals surface area contributed by atoms with Gasteiger partial charge in [0.25, 0.3) is 0 Å². The number of nitrogens with one attached hydrogen (secondary N) is 1. The lowest BCUT2D eigenvalue weighted by Crippen LogP contribution is -2.30. The summed E-state index contributed by atoms with van der Waals surface area (Å²) in [6.45, 7) is 11.1. The zero-order valence-corrected chi connectivity index (χ0v) is 23.5. The fraction of sp³-hybridized carbons (Fsp3) is 0.448. The first-order valence-electron chi connectivity index (χ1n) is 13.0. The Hall–Kier alpha value is -3.39. The van der Waals surface area contributed by atoms with Crippen LogP contribution in [0.1, 0.15) is 76.2 Å². The summed E-state index contributed by atoms with van der Waals surface area (Å²) in [6.07, 6.45) is 1.45. The van der Waals surface area contributed by atoms with Gasteiger partial charge in [0.15, 0.2) is 0 Å². The molecule has 1 fully saturated rings. The number of carbonyl (C=O) groups excluding carboxylic acids is 2. The second-order valence-corrected chi connectivity index (χ2v) is 10.5. The summed E-state index contributed by atoms with van der Waals surface area (Å²) in [6, 6.07) is 9.69. The largest absolute Gasteiger partial charge is 0.513 e. The standard InChI is InChI=1S/C29H35ClN2O6/c1-16(2)35-28(33)37-26-19(5)31-20(6)27(38-29(34)36-22-9-7-8-10-22)25(26)23-15-21(13-14-24(23)30)32-17(3)11-12-18(32)4/h11-16,22,25,31H,7-10H2,1-6H3. The normalized spacial score (nSPS) is 18.1. The molecule has 38 heavy (non-hydrogen) atoms. The number of nitrogens with zero attached hydrogens (tertiary/aromatic N) is 1. The fourth-order valence-electron chi connectivity index (χ4n) is 5.04. The van der Waals surface area contributed by atoms with E-state index < -0.39 is 18.2 Å². The molecule has 1 atom stereocenters. The van der Waals surface area contributed by atoms with Gasteiger partial charge in [-0.25, -0.2) is 9.59 Å². The van der Waals surface area contributed by atoms with Crippen molar-refractivity contribution in [2.24, 2.45) is 0 Å². The third kappa shape index (κ3) is 6.01. The number of ether oxygens (including phenoxy) is 4. The number of benzene rings is 1. The van der Waals surface area contributed by atoms with Gasteiger partial charge in [-0.2, -0.15) is 0 Å². The molecule has 1 saturated carbocycles. The molecule has 0 amide bonds. The van der Waals surface area contributed by atoms with Gasteiger partial charge in [0.1, 0.15) is 23.5 Å². The van der Waals surface area contributed by atoms with Crippen LogP contribution in [-0.2, 0) is 18.9 Å². The topological polar surface area (TPSA) is 88.0 Å². The van der Waals surface area contributed by atoms with Crippen LogP contribution >= 0.6 is 11.6 Å². The van der Waals surface area contributed by atoms with Crippen molar-refractivity contribution in [3.8, 4) is 5.69 Å². The van der Waals surface area contributed by atoms with Gasteiger partial charge in [-0.1, -0.05) is 11.6 Å². The highest BCUT2D eigenvalue weighted by Gasteiger charge is 2.37. The summed E-state index contributed by atoms with van der Waals surface area (Å²) in [5.74, 6) is -0.341.